The van der Waals surface area contributed by atoms with E-state index in [9.17, 15) is 9.00 Å². The molecule has 0 aliphatic rings. The number of aliphatic carboxylic acids is 1. The summed E-state index contributed by atoms with van der Waals surface area (Å²) in [5.74, 6) is 0.412. The van der Waals surface area contributed by atoms with Gasteiger partial charge in [0.15, 0.2) is 0 Å². The van der Waals surface area contributed by atoms with E-state index in [0.717, 1.165) is 17.7 Å². The van der Waals surface area contributed by atoms with Gasteiger partial charge in [0, 0.05) is 16.6 Å². The maximum Gasteiger partial charge on any atom is 0.319 e. The Morgan fingerprint density at radius 3 is 2.61 bits per heavy atom. The Morgan fingerprint density at radius 1 is 1.39 bits per heavy atom. The number of rotatable bonds is 8. The quantitative estimate of drug-likeness (QED) is 0.744. The summed E-state index contributed by atoms with van der Waals surface area (Å²) in [6, 6.07) is 9.36. The molecule has 100 valence electrons. The third-order valence-electron chi connectivity index (χ3n) is 2.55. The predicted octanol–water partition coefficient (Wildman–Crippen LogP) is 2.18. The molecule has 0 heterocycles. The number of carboxylic acids is 1. The average molecular weight is 286 g/mol. The lowest BCUT2D eigenvalue weighted by atomic mass is 10.1. The first kappa shape index (κ1) is 15.2. The van der Waals surface area contributed by atoms with E-state index < -0.39 is 22.0 Å². The summed E-state index contributed by atoms with van der Waals surface area (Å²) in [6.07, 6.45) is 3.12. The van der Waals surface area contributed by atoms with Crippen molar-refractivity contribution in [2.75, 3.05) is 17.8 Å². The number of benzene rings is 1. The summed E-state index contributed by atoms with van der Waals surface area (Å²) in [6.45, 7) is 0. The van der Waals surface area contributed by atoms with E-state index in [1.807, 2.05) is 36.6 Å². The Bertz CT molecular complexity index is 392. The van der Waals surface area contributed by atoms with Gasteiger partial charge in [0.2, 0.25) is 0 Å². The first-order valence-corrected chi connectivity index (χ1v) is 8.55. The van der Waals surface area contributed by atoms with Gasteiger partial charge in [-0.2, -0.15) is 11.8 Å². The number of thioether (sulfide) groups is 1. The van der Waals surface area contributed by atoms with Gasteiger partial charge >= 0.3 is 5.97 Å². The Morgan fingerprint density at radius 2 is 2.06 bits per heavy atom. The molecule has 0 saturated heterocycles. The van der Waals surface area contributed by atoms with Gasteiger partial charge in [-0.3, -0.25) is 9.00 Å². The van der Waals surface area contributed by atoms with Crippen LogP contribution < -0.4 is 0 Å². The molecule has 0 aromatic heterocycles. The topological polar surface area (TPSA) is 54.4 Å². The maximum absolute atomic E-state index is 12.0. The zero-order chi connectivity index (χ0) is 13.4. The van der Waals surface area contributed by atoms with Crippen LogP contribution in [0.4, 0.5) is 0 Å². The molecule has 0 amide bonds. The molecule has 0 bridgehead atoms. The molecule has 2 atom stereocenters. The van der Waals surface area contributed by atoms with Crippen molar-refractivity contribution in [2.24, 2.45) is 0 Å². The highest BCUT2D eigenvalue weighted by atomic mass is 32.2. The van der Waals surface area contributed by atoms with E-state index >= 15 is 0 Å². The summed E-state index contributed by atoms with van der Waals surface area (Å²) < 4.78 is 12.0. The molecule has 1 aromatic rings. The standard InChI is InChI=1S/C13H18O3S2/c1-17-8-5-9-18(16)12(13(14)15)10-11-6-3-2-4-7-11/h2-4,6-7,12H,5,8-10H2,1H3,(H,14,15). The van der Waals surface area contributed by atoms with E-state index in [1.165, 1.54) is 0 Å². The van der Waals surface area contributed by atoms with Crippen molar-refractivity contribution in [3.63, 3.8) is 0 Å². The number of hydrogen-bond acceptors (Lipinski definition) is 3. The van der Waals surface area contributed by atoms with E-state index in [0.29, 0.717) is 12.2 Å². The number of carbonyl (C=O) groups is 1. The van der Waals surface area contributed by atoms with Crippen LogP contribution in [-0.2, 0) is 22.0 Å². The molecule has 1 aromatic carbocycles. The van der Waals surface area contributed by atoms with Crippen molar-refractivity contribution >= 4 is 28.5 Å². The van der Waals surface area contributed by atoms with Crippen LogP contribution in [0.25, 0.3) is 0 Å². The molecule has 3 nitrogen and oxygen atoms in total. The van der Waals surface area contributed by atoms with Crippen molar-refractivity contribution in [3.8, 4) is 0 Å². The highest BCUT2D eigenvalue weighted by molar-refractivity contribution is 7.98. The molecular formula is C13H18O3S2. The van der Waals surface area contributed by atoms with Gasteiger partial charge in [0.1, 0.15) is 5.25 Å². The van der Waals surface area contributed by atoms with Gasteiger partial charge in [-0.15, -0.1) is 0 Å². The molecule has 0 fully saturated rings. The maximum atomic E-state index is 12.0. The van der Waals surface area contributed by atoms with Gasteiger partial charge in [-0.25, -0.2) is 0 Å². The molecule has 18 heavy (non-hydrogen) atoms. The van der Waals surface area contributed by atoms with Crippen LogP contribution in [0, 0.1) is 0 Å². The molecule has 0 aliphatic heterocycles. The lowest BCUT2D eigenvalue weighted by Gasteiger charge is -2.12. The monoisotopic (exact) mass is 286 g/mol. The molecule has 0 saturated carbocycles. The number of hydrogen-bond donors (Lipinski definition) is 1. The van der Waals surface area contributed by atoms with Crippen molar-refractivity contribution in [1.29, 1.82) is 0 Å². The van der Waals surface area contributed by atoms with Gasteiger partial charge in [0.05, 0.1) is 0 Å². The smallest absolute Gasteiger partial charge is 0.319 e. The third kappa shape index (κ3) is 5.23. The van der Waals surface area contributed by atoms with Crippen LogP contribution in [0.5, 0.6) is 0 Å². The van der Waals surface area contributed by atoms with Gasteiger partial charge in [-0.05, 0) is 30.4 Å². The third-order valence-corrected chi connectivity index (χ3v) is 4.94. The minimum atomic E-state index is -1.30. The van der Waals surface area contributed by atoms with Crippen LogP contribution >= 0.6 is 11.8 Å². The second-order valence-electron chi connectivity index (χ2n) is 3.95. The van der Waals surface area contributed by atoms with Crippen LogP contribution in [0.1, 0.15) is 12.0 Å². The second kappa shape index (κ2) is 8.32. The van der Waals surface area contributed by atoms with Crippen molar-refractivity contribution in [1.82, 2.24) is 0 Å². The molecule has 1 rings (SSSR count). The summed E-state index contributed by atoms with van der Waals surface area (Å²) in [5, 5.41) is 8.37. The van der Waals surface area contributed by atoms with Crippen molar-refractivity contribution < 1.29 is 14.1 Å². The largest absolute Gasteiger partial charge is 0.480 e. The normalized spacial score (nSPS) is 14.1. The Labute approximate surface area is 114 Å². The van der Waals surface area contributed by atoms with Gasteiger partial charge in [0.25, 0.3) is 0 Å². The van der Waals surface area contributed by atoms with E-state index in [2.05, 4.69) is 0 Å². The zero-order valence-electron chi connectivity index (χ0n) is 10.4. The zero-order valence-corrected chi connectivity index (χ0v) is 12.0. The predicted molar refractivity (Wildman–Crippen MR) is 77.6 cm³/mol. The average Bonchev–Trinajstić information content (AvgIpc) is 2.37. The van der Waals surface area contributed by atoms with Gasteiger partial charge in [-0.1, -0.05) is 30.3 Å². The minimum Gasteiger partial charge on any atom is -0.480 e. The molecular weight excluding hydrogens is 268 g/mol. The van der Waals surface area contributed by atoms with Gasteiger partial charge < -0.3 is 5.11 Å². The molecule has 0 spiro atoms. The molecule has 0 aliphatic carbocycles. The van der Waals surface area contributed by atoms with E-state index in [1.54, 1.807) is 11.8 Å². The molecule has 0 radical (unpaired) electrons. The number of carboxylic acid groups (broad SMARTS) is 1. The van der Waals surface area contributed by atoms with Crippen LogP contribution in [0.2, 0.25) is 0 Å². The SMILES string of the molecule is CSCCCS(=O)C(Cc1ccccc1)C(=O)O. The summed E-state index contributed by atoms with van der Waals surface area (Å²) in [4.78, 5) is 11.2. The fraction of sp³-hybridized carbons (Fsp3) is 0.462. The van der Waals surface area contributed by atoms with E-state index in [-0.39, 0.29) is 0 Å². The Balaban J connectivity index is 2.60. The lowest BCUT2D eigenvalue weighted by molar-refractivity contribution is -0.136. The highest BCUT2D eigenvalue weighted by Gasteiger charge is 2.24. The fourth-order valence-corrected chi connectivity index (χ4v) is 3.54. The molecule has 1 N–H and O–H groups in total. The fourth-order valence-electron chi connectivity index (χ4n) is 1.61. The van der Waals surface area contributed by atoms with Crippen LogP contribution in [0.15, 0.2) is 30.3 Å². The van der Waals surface area contributed by atoms with Crippen LogP contribution in [0.3, 0.4) is 0 Å². The second-order valence-corrected chi connectivity index (χ2v) is 6.67. The first-order valence-electron chi connectivity index (χ1n) is 5.78. The van der Waals surface area contributed by atoms with Crippen LogP contribution in [-0.4, -0.2) is 38.3 Å². The minimum absolute atomic E-state index is 0.335. The highest BCUT2D eigenvalue weighted by Crippen LogP contribution is 2.10. The summed E-state index contributed by atoms with van der Waals surface area (Å²) in [5.41, 5.74) is 0.920. The lowest BCUT2D eigenvalue weighted by Crippen LogP contribution is -2.29. The van der Waals surface area contributed by atoms with E-state index in [4.69, 9.17) is 5.11 Å². The summed E-state index contributed by atoms with van der Waals surface area (Å²) >= 11 is 1.69. The molecule has 2 unspecified atom stereocenters. The molecule has 5 heteroatoms. The first-order chi connectivity index (χ1) is 8.65. The van der Waals surface area contributed by atoms with Crippen molar-refractivity contribution in [2.45, 2.75) is 18.1 Å². The Hall–Kier alpha value is -0.810. The summed E-state index contributed by atoms with van der Waals surface area (Å²) in [7, 11) is -1.30. The Kier molecular flexibility index (Phi) is 7.05. The van der Waals surface area contributed by atoms with Crippen molar-refractivity contribution in [3.05, 3.63) is 35.9 Å².